The van der Waals surface area contributed by atoms with Gasteiger partial charge in [0.1, 0.15) is 5.56 Å². The summed E-state index contributed by atoms with van der Waals surface area (Å²) in [7, 11) is -0.892. The lowest BCUT2D eigenvalue weighted by Gasteiger charge is -2.14. The number of nitrogens with one attached hydrogen (secondary N) is 1. The quantitative estimate of drug-likeness (QED) is 0.587. The summed E-state index contributed by atoms with van der Waals surface area (Å²) in [5.41, 5.74) is -0.326. The number of nitro benzene ring substituents is 1. The topological polar surface area (TPSA) is 110 Å². The van der Waals surface area contributed by atoms with Crippen LogP contribution >= 0.6 is 0 Å². The molecule has 1 aromatic rings. The fourth-order valence-corrected chi connectivity index (χ4v) is 2.34. The molecular formula is C12H16N2O5S. The van der Waals surface area contributed by atoms with E-state index in [2.05, 4.69) is 5.32 Å². The van der Waals surface area contributed by atoms with Crippen LogP contribution in [0.1, 0.15) is 23.7 Å². The van der Waals surface area contributed by atoms with E-state index in [1.165, 1.54) is 18.2 Å². The molecule has 20 heavy (non-hydrogen) atoms. The second-order valence-electron chi connectivity index (χ2n) is 4.41. The molecule has 110 valence electrons. The van der Waals surface area contributed by atoms with Crippen LogP contribution in [-0.2, 0) is 10.8 Å². The van der Waals surface area contributed by atoms with Gasteiger partial charge in [-0.05, 0) is 25.5 Å². The van der Waals surface area contributed by atoms with Crippen LogP contribution in [0.3, 0.4) is 0 Å². The number of carboxylic acid groups (broad SMARTS) is 1. The molecule has 0 saturated heterocycles. The monoisotopic (exact) mass is 300 g/mol. The zero-order chi connectivity index (χ0) is 15.3. The first kappa shape index (κ1) is 16.1. The van der Waals surface area contributed by atoms with Crippen LogP contribution in [0.2, 0.25) is 0 Å². The highest BCUT2D eigenvalue weighted by molar-refractivity contribution is 7.84. The number of anilines is 1. The van der Waals surface area contributed by atoms with Crippen molar-refractivity contribution in [2.45, 2.75) is 19.4 Å². The standard InChI is InChI=1S/C12H16N2O5S/c1-8(5-6-20(2)19)13-9-3-4-10(12(15)16)11(7-9)14(17)18/h3-4,7-8,13H,5-6H2,1-2H3,(H,15,16). The van der Waals surface area contributed by atoms with Crippen LogP contribution < -0.4 is 5.32 Å². The molecule has 7 nitrogen and oxygen atoms in total. The molecule has 2 atom stereocenters. The first-order valence-corrected chi connectivity index (χ1v) is 7.62. The Balaban J connectivity index is 2.87. The number of hydrogen-bond acceptors (Lipinski definition) is 5. The van der Waals surface area contributed by atoms with Crippen molar-refractivity contribution in [3.8, 4) is 0 Å². The van der Waals surface area contributed by atoms with E-state index >= 15 is 0 Å². The van der Waals surface area contributed by atoms with Crippen molar-refractivity contribution in [2.75, 3.05) is 17.3 Å². The zero-order valence-electron chi connectivity index (χ0n) is 11.2. The molecule has 0 aliphatic rings. The number of rotatable bonds is 7. The maximum atomic E-state index is 11.0. The van der Waals surface area contributed by atoms with E-state index < -0.39 is 27.4 Å². The highest BCUT2D eigenvalue weighted by Crippen LogP contribution is 2.24. The van der Waals surface area contributed by atoms with E-state index in [4.69, 9.17) is 5.11 Å². The Labute approximate surface area is 118 Å². The van der Waals surface area contributed by atoms with Gasteiger partial charge in [0.05, 0.1) is 4.92 Å². The normalized spacial score (nSPS) is 13.5. The molecule has 0 radical (unpaired) electrons. The SMILES string of the molecule is CC(CCS(C)=O)Nc1ccc(C(=O)O)c([N+](=O)[O-])c1. The van der Waals surface area contributed by atoms with Gasteiger partial charge in [-0.15, -0.1) is 0 Å². The van der Waals surface area contributed by atoms with Crippen molar-refractivity contribution < 1.29 is 19.0 Å². The number of carbonyl (C=O) groups is 1. The molecule has 2 N–H and O–H groups in total. The van der Waals surface area contributed by atoms with Crippen molar-refractivity contribution in [3.05, 3.63) is 33.9 Å². The molecular weight excluding hydrogens is 284 g/mol. The fraction of sp³-hybridized carbons (Fsp3) is 0.417. The summed E-state index contributed by atoms with van der Waals surface area (Å²) in [5, 5.41) is 22.8. The van der Waals surface area contributed by atoms with Crippen molar-refractivity contribution in [2.24, 2.45) is 0 Å². The van der Waals surface area contributed by atoms with Crippen LogP contribution in [-0.4, -0.2) is 38.3 Å². The lowest BCUT2D eigenvalue weighted by atomic mass is 10.1. The fourth-order valence-electron chi connectivity index (χ4n) is 1.65. The molecule has 0 fully saturated rings. The van der Waals surface area contributed by atoms with Crippen molar-refractivity contribution in [3.63, 3.8) is 0 Å². The largest absolute Gasteiger partial charge is 0.477 e. The number of carboxylic acids is 1. The Hall–Kier alpha value is -1.96. The molecule has 1 rings (SSSR count). The maximum Gasteiger partial charge on any atom is 0.342 e. The first-order valence-electron chi connectivity index (χ1n) is 5.89. The summed E-state index contributed by atoms with van der Waals surface area (Å²) in [6.07, 6.45) is 2.26. The van der Waals surface area contributed by atoms with Crippen LogP contribution in [0.15, 0.2) is 18.2 Å². The minimum Gasteiger partial charge on any atom is -0.477 e. The summed E-state index contributed by atoms with van der Waals surface area (Å²) in [6, 6.07) is 3.86. The third-order valence-corrected chi connectivity index (χ3v) is 3.49. The van der Waals surface area contributed by atoms with Gasteiger partial charge in [0.15, 0.2) is 0 Å². The van der Waals surface area contributed by atoms with Crippen molar-refractivity contribution in [1.29, 1.82) is 0 Å². The van der Waals surface area contributed by atoms with E-state index in [1.807, 2.05) is 6.92 Å². The summed E-state index contributed by atoms with van der Waals surface area (Å²) < 4.78 is 11.0. The van der Waals surface area contributed by atoms with E-state index in [1.54, 1.807) is 6.26 Å². The molecule has 0 aromatic heterocycles. The van der Waals surface area contributed by atoms with Gasteiger partial charge in [0, 0.05) is 40.6 Å². The number of aromatic carboxylic acids is 1. The average molecular weight is 300 g/mol. The highest BCUT2D eigenvalue weighted by atomic mass is 32.2. The predicted molar refractivity (Wildman–Crippen MR) is 76.7 cm³/mol. The average Bonchev–Trinajstić information content (AvgIpc) is 2.35. The van der Waals surface area contributed by atoms with Gasteiger partial charge in [-0.25, -0.2) is 4.79 Å². The third-order valence-electron chi connectivity index (χ3n) is 2.68. The van der Waals surface area contributed by atoms with Gasteiger partial charge < -0.3 is 10.4 Å². The second-order valence-corrected chi connectivity index (χ2v) is 5.96. The number of benzene rings is 1. The number of hydrogen-bond donors (Lipinski definition) is 2. The van der Waals surface area contributed by atoms with Gasteiger partial charge >= 0.3 is 5.97 Å². The van der Waals surface area contributed by atoms with Gasteiger partial charge in [-0.3, -0.25) is 14.3 Å². The van der Waals surface area contributed by atoms with E-state index in [9.17, 15) is 19.1 Å². The molecule has 0 saturated carbocycles. The second kappa shape index (κ2) is 6.99. The Bertz CT molecular complexity index is 547. The van der Waals surface area contributed by atoms with Crippen LogP contribution in [0.5, 0.6) is 0 Å². The van der Waals surface area contributed by atoms with Crippen molar-refractivity contribution >= 4 is 28.1 Å². The summed E-state index contributed by atoms with van der Waals surface area (Å²) in [4.78, 5) is 21.0. The summed E-state index contributed by atoms with van der Waals surface area (Å²) in [5.74, 6) is -0.804. The Morgan fingerprint density at radius 1 is 1.55 bits per heavy atom. The van der Waals surface area contributed by atoms with E-state index in [0.717, 1.165) is 0 Å². The van der Waals surface area contributed by atoms with Crippen LogP contribution in [0.4, 0.5) is 11.4 Å². The number of nitrogens with zero attached hydrogens (tertiary/aromatic N) is 1. The van der Waals surface area contributed by atoms with Gasteiger partial charge in [-0.2, -0.15) is 0 Å². The number of nitro groups is 1. The molecule has 0 heterocycles. The van der Waals surface area contributed by atoms with Gasteiger partial charge in [0.2, 0.25) is 0 Å². The van der Waals surface area contributed by atoms with E-state index in [-0.39, 0.29) is 11.6 Å². The lowest BCUT2D eigenvalue weighted by Crippen LogP contribution is -2.18. The first-order chi connectivity index (χ1) is 9.31. The molecule has 0 bridgehead atoms. The lowest BCUT2D eigenvalue weighted by molar-refractivity contribution is -0.385. The van der Waals surface area contributed by atoms with Gasteiger partial charge in [-0.1, -0.05) is 0 Å². The Kier molecular flexibility index (Phi) is 5.63. The minimum atomic E-state index is -1.34. The van der Waals surface area contributed by atoms with Gasteiger partial charge in [0.25, 0.3) is 5.69 Å². The molecule has 8 heteroatoms. The predicted octanol–water partition coefficient (Wildman–Crippen LogP) is 1.86. The Morgan fingerprint density at radius 2 is 2.20 bits per heavy atom. The van der Waals surface area contributed by atoms with Crippen LogP contribution in [0, 0.1) is 10.1 Å². The molecule has 0 spiro atoms. The van der Waals surface area contributed by atoms with Crippen LogP contribution in [0.25, 0.3) is 0 Å². The maximum absolute atomic E-state index is 11.0. The Morgan fingerprint density at radius 3 is 2.70 bits per heavy atom. The molecule has 0 aliphatic heterocycles. The zero-order valence-corrected chi connectivity index (χ0v) is 12.0. The smallest absolute Gasteiger partial charge is 0.342 e. The highest BCUT2D eigenvalue weighted by Gasteiger charge is 2.20. The molecule has 2 unspecified atom stereocenters. The molecule has 0 aliphatic carbocycles. The third kappa shape index (κ3) is 4.61. The molecule has 0 amide bonds. The molecule has 1 aromatic carbocycles. The summed E-state index contributed by atoms with van der Waals surface area (Å²) >= 11 is 0. The van der Waals surface area contributed by atoms with Crippen molar-refractivity contribution in [1.82, 2.24) is 0 Å². The van der Waals surface area contributed by atoms with E-state index in [0.29, 0.717) is 17.9 Å². The minimum absolute atomic E-state index is 0.0193. The summed E-state index contributed by atoms with van der Waals surface area (Å²) in [6.45, 7) is 1.86.